The summed E-state index contributed by atoms with van der Waals surface area (Å²) in [5.41, 5.74) is 0. The van der Waals surface area contributed by atoms with Crippen molar-refractivity contribution in [2.75, 3.05) is 7.11 Å². The summed E-state index contributed by atoms with van der Waals surface area (Å²) in [6.45, 7) is 1.21. The van der Waals surface area contributed by atoms with Gasteiger partial charge in [0.2, 0.25) is 0 Å². The predicted octanol–water partition coefficient (Wildman–Crippen LogP) is -0.247. The molecular formula is C5H7O4. The fraction of sp³-hybridized carbons (Fsp3) is 0.600. The van der Waals surface area contributed by atoms with Gasteiger partial charge in [-0.1, -0.05) is 0 Å². The van der Waals surface area contributed by atoms with Gasteiger partial charge in [0.05, 0.1) is 7.11 Å². The Hall–Kier alpha value is -1.06. The van der Waals surface area contributed by atoms with E-state index in [0.29, 0.717) is 0 Å². The molecule has 0 aliphatic rings. The van der Waals surface area contributed by atoms with E-state index in [1.807, 2.05) is 0 Å². The van der Waals surface area contributed by atoms with Gasteiger partial charge in [-0.05, 0) is 6.92 Å². The highest BCUT2D eigenvalue weighted by Gasteiger charge is 2.22. The molecule has 4 heteroatoms. The molecule has 0 bridgehead atoms. The zero-order valence-electron chi connectivity index (χ0n) is 5.21. The Balaban J connectivity index is 3.88. The summed E-state index contributed by atoms with van der Waals surface area (Å²) in [6.07, 6.45) is 0. The van der Waals surface area contributed by atoms with Crippen LogP contribution < -0.4 is 0 Å². The number of carbonyl (C=O) groups is 2. The largest absolute Gasteiger partial charge is 0.468 e. The van der Waals surface area contributed by atoms with Gasteiger partial charge in [0.1, 0.15) is 0 Å². The summed E-state index contributed by atoms with van der Waals surface area (Å²) in [6, 6.07) is 0. The summed E-state index contributed by atoms with van der Waals surface area (Å²) < 4.78 is 4.11. The van der Waals surface area contributed by atoms with Crippen molar-refractivity contribution in [3.63, 3.8) is 0 Å². The molecule has 1 unspecified atom stereocenters. The number of carbonyl (C=O) groups excluding carboxylic acids is 2. The number of hydrogen-bond acceptors (Lipinski definition) is 3. The Morgan fingerprint density at radius 1 is 1.44 bits per heavy atom. The highest BCUT2D eigenvalue weighted by atomic mass is 16.5. The lowest BCUT2D eigenvalue weighted by Crippen LogP contribution is -2.20. The normalized spacial score (nSPS) is 12.2. The van der Waals surface area contributed by atoms with Gasteiger partial charge in [-0.25, -0.2) is 9.90 Å². The van der Waals surface area contributed by atoms with Crippen LogP contribution in [0, 0.1) is 5.92 Å². The van der Waals surface area contributed by atoms with Crippen LogP contribution in [-0.2, 0) is 19.4 Å². The van der Waals surface area contributed by atoms with Crippen LogP contribution in [0.15, 0.2) is 0 Å². The molecule has 0 aliphatic carbocycles. The van der Waals surface area contributed by atoms with Gasteiger partial charge in [0, 0.05) is 0 Å². The molecule has 1 radical (unpaired) electrons. The van der Waals surface area contributed by atoms with Crippen LogP contribution >= 0.6 is 0 Å². The summed E-state index contributed by atoms with van der Waals surface area (Å²) in [7, 11) is 1.13. The molecule has 0 N–H and O–H groups in total. The molecule has 0 aromatic heterocycles. The van der Waals surface area contributed by atoms with Gasteiger partial charge in [-0.2, -0.15) is 0 Å². The first-order valence-corrected chi connectivity index (χ1v) is 2.38. The molecule has 0 saturated heterocycles. The van der Waals surface area contributed by atoms with Gasteiger partial charge in [0.15, 0.2) is 5.92 Å². The Morgan fingerprint density at radius 3 is 2.00 bits per heavy atom. The molecule has 0 aliphatic heterocycles. The van der Waals surface area contributed by atoms with Gasteiger partial charge in [-0.15, -0.1) is 0 Å². The quantitative estimate of drug-likeness (QED) is 0.383. The van der Waals surface area contributed by atoms with Crippen LogP contribution in [0.1, 0.15) is 6.92 Å². The first-order valence-electron chi connectivity index (χ1n) is 2.38. The molecule has 0 rings (SSSR count). The number of esters is 1. The summed E-state index contributed by atoms with van der Waals surface area (Å²) in [4.78, 5) is 20.2. The minimum Gasteiger partial charge on any atom is -0.468 e. The lowest BCUT2D eigenvalue weighted by atomic mass is 10.2. The molecule has 0 aromatic carbocycles. The van der Waals surface area contributed by atoms with Gasteiger partial charge < -0.3 is 4.74 Å². The van der Waals surface area contributed by atoms with E-state index in [-0.39, 0.29) is 0 Å². The van der Waals surface area contributed by atoms with Crippen LogP contribution in [0.4, 0.5) is 0 Å². The van der Waals surface area contributed by atoms with Crippen molar-refractivity contribution in [3.05, 3.63) is 0 Å². The Labute approximate surface area is 52.4 Å². The molecule has 0 saturated carbocycles. The standard InChI is InChI=1S/C5H7O4/c1-3(4(6)7)5(8)9-2/h3H,1-2H3. The highest BCUT2D eigenvalue weighted by Crippen LogP contribution is 1.96. The van der Waals surface area contributed by atoms with E-state index in [4.69, 9.17) is 0 Å². The van der Waals surface area contributed by atoms with Crippen molar-refractivity contribution >= 4 is 11.9 Å². The first kappa shape index (κ1) is 7.94. The van der Waals surface area contributed by atoms with E-state index in [1.165, 1.54) is 6.92 Å². The van der Waals surface area contributed by atoms with Crippen LogP contribution in [0.3, 0.4) is 0 Å². The van der Waals surface area contributed by atoms with Crippen molar-refractivity contribution in [3.8, 4) is 0 Å². The topological polar surface area (TPSA) is 63.3 Å². The number of hydrogen-bond donors (Lipinski definition) is 0. The third-order valence-corrected chi connectivity index (χ3v) is 0.908. The van der Waals surface area contributed by atoms with E-state index in [9.17, 15) is 14.7 Å². The van der Waals surface area contributed by atoms with Crippen molar-refractivity contribution in [2.45, 2.75) is 6.92 Å². The molecule has 0 amide bonds. The molecule has 0 fully saturated rings. The van der Waals surface area contributed by atoms with Crippen molar-refractivity contribution in [1.29, 1.82) is 0 Å². The second kappa shape index (κ2) is 3.06. The molecular weight excluding hydrogens is 124 g/mol. The van der Waals surface area contributed by atoms with Crippen LogP contribution in [-0.4, -0.2) is 19.0 Å². The highest BCUT2D eigenvalue weighted by molar-refractivity contribution is 5.93. The predicted molar refractivity (Wildman–Crippen MR) is 26.9 cm³/mol. The van der Waals surface area contributed by atoms with Gasteiger partial charge in [0.25, 0.3) is 0 Å². The van der Waals surface area contributed by atoms with Crippen molar-refractivity contribution in [1.82, 2.24) is 0 Å². The number of rotatable bonds is 2. The van der Waals surface area contributed by atoms with E-state index >= 15 is 0 Å². The van der Waals surface area contributed by atoms with Gasteiger partial charge >= 0.3 is 11.9 Å². The van der Waals surface area contributed by atoms with Crippen LogP contribution in [0.2, 0.25) is 0 Å². The molecule has 51 valence electrons. The maximum absolute atomic E-state index is 10.3. The summed E-state index contributed by atoms with van der Waals surface area (Å²) >= 11 is 0. The molecule has 4 nitrogen and oxygen atoms in total. The van der Waals surface area contributed by atoms with Crippen molar-refractivity contribution < 1.29 is 19.4 Å². The van der Waals surface area contributed by atoms with Crippen LogP contribution in [0.25, 0.3) is 0 Å². The Morgan fingerprint density at radius 2 is 1.89 bits per heavy atom. The lowest BCUT2D eigenvalue weighted by Gasteiger charge is -1.98. The third kappa shape index (κ3) is 2.12. The average Bonchev–Trinajstić information content (AvgIpc) is 1.84. The average molecular weight is 131 g/mol. The molecule has 1 atom stereocenters. The smallest absolute Gasteiger partial charge is 0.369 e. The van der Waals surface area contributed by atoms with E-state index in [1.54, 1.807) is 0 Å². The zero-order chi connectivity index (χ0) is 7.44. The molecule has 9 heavy (non-hydrogen) atoms. The summed E-state index contributed by atoms with van der Waals surface area (Å²) in [5.74, 6) is -3.37. The minimum atomic E-state index is -1.41. The van der Waals surface area contributed by atoms with Crippen LogP contribution in [0.5, 0.6) is 0 Å². The monoisotopic (exact) mass is 131 g/mol. The second-order valence-electron chi connectivity index (χ2n) is 1.56. The van der Waals surface area contributed by atoms with E-state index in [0.717, 1.165) is 7.11 Å². The lowest BCUT2D eigenvalue weighted by molar-refractivity contribution is -0.159. The third-order valence-electron chi connectivity index (χ3n) is 0.908. The zero-order valence-corrected chi connectivity index (χ0v) is 5.21. The summed E-state index contributed by atoms with van der Waals surface area (Å²) in [5, 5.41) is 9.89. The Kier molecular flexibility index (Phi) is 2.70. The maximum atomic E-state index is 10.3. The van der Waals surface area contributed by atoms with Gasteiger partial charge in [-0.3, -0.25) is 4.79 Å². The van der Waals surface area contributed by atoms with Crippen molar-refractivity contribution in [2.24, 2.45) is 5.92 Å². The molecule has 0 heterocycles. The SMILES string of the molecule is COC(=O)C(C)C([O])=O. The minimum absolute atomic E-state index is 0.782. The second-order valence-corrected chi connectivity index (χ2v) is 1.56. The fourth-order valence-electron chi connectivity index (χ4n) is 0.273. The maximum Gasteiger partial charge on any atom is 0.369 e. The van der Waals surface area contributed by atoms with E-state index in [2.05, 4.69) is 4.74 Å². The Bertz CT molecular complexity index is 129. The van der Waals surface area contributed by atoms with E-state index < -0.39 is 17.9 Å². The number of ether oxygens (including phenoxy) is 1. The first-order chi connectivity index (χ1) is 4.09. The molecule has 0 spiro atoms. The molecule has 0 aromatic rings. The fourth-order valence-corrected chi connectivity index (χ4v) is 0.273. The number of methoxy groups -OCH3 is 1.